The molecule has 27 heavy (non-hydrogen) atoms. The van der Waals surface area contributed by atoms with Crippen molar-refractivity contribution < 1.29 is 9.59 Å². The summed E-state index contributed by atoms with van der Waals surface area (Å²) in [6.07, 6.45) is 6.18. The third-order valence-corrected chi connectivity index (χ3v) is 6.25. The SMILES string of the molecule is O=C1CCCCN1Cc1cccc(NC(=O)N2CCCC3(CCNC3)C2)c1. The van der Waals surface area contributed by atoms with Crippen LogP contribution in [-0.4, -0.2) is 54.5 Å². The Bertz CT molecular complexity index is 699. The number of likely N-dealkylation sites (tertiary alicyclic amines) is 2. The highest BCUT2D eigenvalue weighted by atomic mass is 16.2. The van der Waals surface area contributed by atoms with Crippen molar-refractivity contribution in [2.24, 2.45) is 5.41 Å². The molecule has 3 saturated heterocycles. The number of rotatable bonds is 3. The van der Waals surface area contributed by atoms with E-state index in [9.17, 15) is 9.59 Å². The standard InChI is InChI=1S/C21H30N4O2/c26-19-7-1-2-11-24(19)14-17-5-3-6-18(13-17)23-20(27)25-12-4-8-21(16-25)9-10-22-15-21/h3,5-6,13,22H,1-2,4,7-12,14-16H2,(H,23,27). The van der Waals surface area contributed by atoms with E-state index in [0.717, 1.165) is 69.7 Å². The van der Waals surface area contributed by atoms with Crippen LogP contribution in [0.3, 0.4) is 0 Å². The van der Waals surface area contributed by atoms with Crippen LogP contribution in [0.5, 0.6) is 0 Å². The number of carbonyl (C=O) groups excluding carboxylic acids is 2. The maximum Gasteiger partial charge on any atom is 0.321 e. The first kappa shape index (κ1) is 18.3. The van der Waals surface area contributed by atoms with Crippen LogP contribution in [0.25, 0.3) is 0 Å². The molecule has 3 heterocycles. The number of anilines is 1. The predicted octanol–water partition coefficient (Wildman–Crippen LogP) is 2.81. The number of carbonyl (C=O) groups is 2. The van der Waals surface area contributed by atoms with Crippen molar-refractivity contribution in [1.82, 2.24) is 15.1 Å². The average molecular weight is 370 g/mol. The van der Waals surface area contributed by atoms with Crippen molar-refractivity contribution >= 4 is 17.6 Å². The number of hydrogen-bond donors (Lipinski definition) is 2. The Morgan fingerprint density at radius 3 is 2.93 bits per heavy atom. The van der Waals surface area contributed by atoms with Crippen LogP contribution in [0, 0.1) is 5.41 Å². The monoisotopic (exact) mass is 370 g/mol. The Kier molecular flexibility index (Phi) is 5.34. The van der Waals surface area contributed by atoms with Crippen LogP contribution < -0.4 is 10.6 Å². The maximum atomic E-state index is 12.8. The molecule has 1 atom stereocenters. The summed E-state index contributed by atoms with van der Waals surface area (Å²) in [6, 6.07) is 7.90. The van der Waals surface area contributed by atoms with Gasteiger partial charge in [-0.05, 0) is 56.3 Å². The minimum absolute atomic E-state index is 0.00725. The molecule has 4 rings (SSSR count). The number of nitrogens with one attached hydrogen (secondary N) is 2. The summed E-state index contributed by atoms with van der Waals surface area (Å²) >= 11 is 0. The van der Waals surface area contributed by atoms with Crippen molar-refractivity contribution in [2.75, 3.05) is 38.0 Å². The molecule has 146 valence electrons. The lowest BCUT2D eigenvalue weighted by atomic mass is 9.79. The largest absolute Gasteiger partial charge is 0.338 e. The summed E-state index contributed by atoms with van der Waals surface area (Å²) in [5, 5.41) is 6.52. The van der Waals surface area contributed by atoms with Gasteiger partial charge in [0.25, 0.3) is 0 Å². The Balaban J connectivity index is 1.37. The molecule has 1 spiro atoms. The lowest BCUT2D eigenvalue weighted by Crippen LogP contribution is -2.48. The number of hydrogen-bond acceptors (Lipinski definition) is 3. The second-order valence-corrected chi connectivity index (χ2v) is 8.35. The van der Waals surface area contributed by atoms with E-state index in [1.165, 1.54) is 6.42 Å². The first-order valence-electron chi connectivity index (χ1n) is 10.3. The van der Waals surface area contributed by atoms with Gasteiger partial charge in [-0.2, -0.15) is 0 Å². The highest BCUT2D eigenvalue weighted by Crippen LogP contribution is 2.35. The van der Waals surface area contributed by atoms with Crippen LogP contribution in [0.4, 0.5) is 10.5 Å². The van der Waals surface area contributed by atoms with Gasteiger partial charge in [0, 0.05) is 50.2 Å². The molecule has 0 aromatic heterocycles. The fourth-order valence-electron chi connectivity index (χ4n) is 4.72. The summed E-state index contributed by atoms with van der Waals surface area (Å²) in [4.78, 5) is 28.7. The van der Waals surface area contributed by atoms with E-state index in [-0.39, 0.29) is 17.4 Å². The molecular weight excluding hydrogens is 340 g/mol. The van der Waals surface area contributed by atoms with E-state index < -0.39 is 0 Å². The van der Waals surface area contributed by atoms with Crippen LogP contribution in [0.15, 0.2) is 24.3 Å². The summed E-state index contributed by atoms with van der Waals surface area (Å²) in [6.45, 7) is 5.21. The third kappa shape index (κ3) is 4.26. The zero-order valence-corrected chi connectivity index (χ0v) is 16.0. The van der Waals surface area contributed by atoms with Gasteiger partial charge in [0.2, 0.25) is 5.91 Å². The molecule has 1 aromatic rings. The number of urea groups is 1. The first-order valence-corrected chi connectivity index (χ1v) is 10.3. The molecule has 0 saturated carbocycles. The van der Waals surface area contributed by atoms with E-state index in [2.05, 4.69) is 10.6 Å². The number of amides is 3. The van der Waals surface area contributed by atoms with Gasteiger partial charge in [-0.15, -0.1) is 0 Å². The molecular formula is C21H30N4O2. The zero-order chi connectivity index (χ0) is 18.7. The average Bonchev–Trinajstić information content (AvgIpc) is 3.11. The van der Waals surface area contributed by atoms with Crippen LogP contribution in [0.2, 0.25) is 0 Å². The molecule has 3 aliphatic rings. The molecule has 2 N–H and O–H groups in total. The summed E-state index contributed by atoms with van der Waals surface area (Å²) in [5.74, 6) is 0.236. The Hall–Kier alpha value is -2.08. The van der Waals surface area contributed by atoms with E-state index in [4.69, 9.17) is 0 Å². The number of benzene rings is 1. The van der Waals surface area contributed by atoms with Gasteiger partial charge >= 0.3 is 6.03 Å². The molecule has 0 bridgehead atoms. The fraction of sp³-hybridized carbons (Fsp3) is 0.619. The van der Waals surface area contributed by atoms with Gasteiger partial charge in [0.05, 0.1) is 0 Å². The van der Waals surface area contributed by atoms with E-state index in [1.807, 2.05) is 34.1 Å². The summed E-state index contributed by atoms with van der Waals surface area (Å²) in [5.41, 5.74) is 2.15. The number of nitrogens with zero attached hydrogens (tertiary/aromatic N) is 2. The lowest BCUT2D eigenvalue weighted by Gasteiger charge is -2.39. The van der Waals surface area contributed by atoms with Gasteiger partial charge in [0.15, 0.2) is 0 Å². The van der Waals surface area contributed by atoms with E-state index in [0.29, 0.717) is 13.0 Å². The smallest absolute Gasteiger partial charge is 0.321 e. The molecule has 1 aromatic carbocycles. The minimum Gasteiger partial charge on any atom is -0.338 e. The Morgan fingerprint density at radius 1 is 1.19 bits per heavy atom. The topological polar surface area (TPSA) is 64.7 Å². The molecule has 6 heteroatoms. The molecule has 0 radical (unpaired) electrons. The normalized spacial score (nSPS) is 25.9. The number of piperidine rings is 2. The second kappa shape index (κ2) is 7.89. The van der Waals surface area contributed by atoms with Crippen LogP contribution >= 0.6 is 0 Å². The lowest BCUT2D eigenvalue weighted by molar-refractivity contribution is -0.133. The fourth-order valence-corrected chi connectivity index (χ4v) is 4.72. The van der Waals surface area contributed by atoms with Gasteiger partial charge in [-0.3, -0.25) is 4.79 Å². The molecule has 1 unspecified atom stereocenters. The zero-order valence-electron chi connectivity index (χ0n) is 16.0. The Labute approximate surface area is 161 Å². The molecule has 6 nitrogen and oxygen atoms in total. The predicted molar refractivity (Wildman–Crippen MR) is 105 cm³/mol. The van der Waals surface area contributed by atoms with Gasteiger partial charge in [-0.25, -0.2) is 4.79 Å². The van der Waals surface area contributed by atoms with Crippen molar-refractivity contribution in [3.63, 3.8) is 0 Å². The van der Waals surface area contributed by atoms with E-state index in [1.54, 1.807) is 0 Å². The Morgan fingerprint density at radius 2 is 2.11 bits per heavy atom. The summed E-state index contributed by atoms with van der Waals surface area (Å²) < 4.78 is 0. The highest BCUT2D eigenvalue weighted by molar-refractivity contribution is 5.89. The van der Waals surface area contributed by atoms with Crippen molar-refractivity contribution in [2.45, 2.75) is 45.1 Å². The van der Waals surface area contributed by atoms with Gasteiger partial charge in [-0.1, -0.05) is 12.1 Å². The molecule has 3 fully saturated rings. The molecule has 0 aliphatic carbocycles. The van der Waals surface area contributed by atoms with Gasteiger partial charge < -0.3 is 20.4 Å². The minimum atomic E-state index is -0.00725. The van der Waals surface area contributed by atoms with Crippen LogP contribution in [-0.2, 0) is 11.3 Å². The van der Waals surface area contributed by atoms with E-state index >= 15 is 0 Å². The van der Waals surface area contributed by atoms with Gasteiger partial charge in [0.1, 0.15) is 0 Å². The summed E-state index contributed by atoms with van der Waals surface area (Å²) in [7, 11) is 0. The molecule has 3 aliphatic heterocycles. The van der Waals surface area contributed by atoms with Crippen molar-refractivity contribution in [1.29, 1.82) is 0 Å². The third-order valence-electron chi connectivity index (χ3n) is 6.25. The van der Waals surface area contributed by atoms with Crippen molar-refractivity contribution in [3.05, 3.63) is 29.8 Å². The van der Waals surface area contributed by atoms with Crippen LogP contribution in [0.1, 0.15) is 44.1 Å². The quantitative estimate of drug-likeness (QED) is 0.860. The highest BCUT2D eigenvalue weighted by Gasteiger charge is 2.39. The molecule has 3 amide bonds. The second-order valence-electron chi connectivity index (χ2n) is 8.35. The first-order chi connectivity index (χ1) is 13.1. The van der Waals surface area contributed by atoms with Crippen molar-refractivity contribution in [3.8, 4) is 0 Å². The maximum absolute atomic E-state index is 12.8.